The molecular weight excluding hydrogens is 326 g/mol. The Kier molecular flexibility index (Phi) is 4.56. The van der Waals surface area contributed by atoms with Gasteiger partial charge in [-0.1, -0.05) is 18.2 Å². The van der Waals surface area contributed by atoms with Crippen LogP contribution in [0, 0.1) is 6.92 Å². The molecule has 0 spiro atoms. The van der Waals surface area contributed by atoms with E-state index in [-0.39, 0.29) is 5.91 Å². The zero-order valence-corrected chi connectivity index (χ0v) is 15.0. The Morgan fingerprint density at radius 3 is 2.73 bits per heavy atom. The zero-order valence-electron chi connectivity index (χ0n) is 15.0. The SMILES string of the molecule is Cc1ccc2cnn(CCC(=O)N3CCN(c4ccccn4)CC3)c2c1. The van der Waals surface area contributed by atoms with Crippen LogP contribution in [0.25, 0.3) is 10.9 Å². The van der Waals surface area contributed by atoms with Crippen molar-refractivity contribution in [1.29, 1.82) is 0 Å². The number of fused-ring (bicyclic) bond motifs is 1. The third kappa shape index (κ3) is 3.40. The minimum absolute atomic E-state index is 0.196. The highest BCUT2D eigenvalue weighted by Gasteiger charge is 2.21. The lowest BCUT2D eigenvalue weighted by atomic mass is 10.2. The highest BCUT2D eigenvalue weighted by Crippen LogP contribution is 2.17. The molecule has 0 bridgehead atoms. The molecule has 0 radical (unpaired) electrons. The maximum absolute atomic E-state index is 12.6. The molecule has 1 amide bonds. The van der Waals surface area contributed by atoms with Gasteiger partial charge in [0.15, 0.2) is 0 Å². The quantitative estimate of drug-likeness (QED) is 0.726. The summed E-state index contributed by atoms with van der Waals surface area (Å²) in [7, 11) is 0. The van der Waals surface area contributed by atoms with E-state index in [9.17, 15) is 4.79 Å². The van der Waals surface area contributed by atoms with Crippen LogP contribution in [0.3, 0.4) is 0 Å². The van der Waals surface area contributed by atoms with Crippen LogP contribution < -0.4 is 4.90 Å². The number of carbonyl (C=O) groups is 1. The molecule has 3 aromatic rings. The normalized spacial score (nSPS) is 14.8. The number of piperazine rings is 1. The number of aryl methyl sites for hydroxylation is 2. The lowest BCUT2D eigenvalue weighted by molar-refractivity contribution is -0.131. The molecule has 0 unspecified atom stereocenters. The summed E-state index contributed by atoms with van der Waals surface area (Å²) in [6, 6.07) is 12.2. The number of aromatic nitrogens is 3. The standard InChI is InChI=1S/C20H23N5O/c1-16-5-6-17-15-22-25(18(17)14-16)9-7-20(26)24-12-10-23(11-13-24)19-4-2-3-8-21-19/h2-6,8,14-15H,7,9-13H2,1H3. The summed E-state index contributed by atoms with van der Waals surface area (Å²) < 4.78 is 1.93. The number of anilines is 1. The van der Waals surface area contributed by atoms with E-state index < -0.39 is 0 Å². The summed E-state index contributed by atoms with van der Waals surface area (Å²) >= 11 is 0. The van der Waals surface area contributed by atoms with E-state index in [2.05, 4.69) is 40.1 Å². The average Bonchev–Trinajstić information content (AvgIpc) is 3.09. The average molecular weight is 349 g/mol. The van der Waals surface area contributed by atoms with E-state index in [0.29, 0.717) is 13.0 Å². The molecule has 1 aromatic carbocycles. The van der Waals surface area contributed by atoms with Gasteiger partial charge in [-0.3, -0.25) is 9.48 Å². The Balaban J connectivity index is 1.33. The topological polar surface area (TPSA) is 54.3 Å². The minimum atomic E-state index is 0.196. The molecule has 6 heteroatoms. The van der Waals surface area contributed by atoms with Crippen LogP contribution in [0.1, 0.15) is 12.0 Å². The van der Waals surface area contributed by atoms with Gasteiger partial charge in [-0.2, -0.15) is 5.10 Å². The molecule has 1 saturated heterocycles. The van der Waals surface area contributed by atoms with Crippen LogP contribution in [-0.2, 0) is 11.3 Å². The number of hydrogen-bond donors (Lipinski definition) is 0. The molecule has 1 aliphatic rings. The van der Waals surface area contributed by atoms with Crippen LogP contribution in [0.2, 0.25) is 0 Å². The van der Waals surface area contributed by atoms with Crippen molar-refractivity contribution in [3.05, 3.63) is 54.4 Å². The van der Waals surface area contributed by atoms with E-state index >= 15 is 0 Å². The predicted octanol–water partition coefficient (Wildman–Crippen LogP) is 2.48. The number of rotatable bonds is 4. The smallest absolute Gasteiger partial charge is 0.224 e. The van der Waals surface area contributed by atoms with Crippen LogP contribution in [0.15, 0.2) is 48.8 Å². The molecular formula is C20H23N5O. The van der Waals surface area contributed by atoms with Crippen molar-refractivity contribution >= 4 is 22.6 Å². The second-order valence-corrected chi connectivity index (χ2v) is 6.74. The molecule has 3 heterocycles. The van der Waals surface area contributed by atoms with Gasteiger partial charge in [0.1, 0.15) is 5.82 Å². The highest BCUT2D eigenvalue weighted by atomic mass is 16.2. The van der Waals surface area contributed by atoms with Gasteiger partial charge in [-0.25, -0.2) is 4.98 Å². The monoisotopic (exact) mass is 349 g/mol. The van der Waals surface area contributed by atoms with Gasteiger partial charge < -0.3 is 9.80 Å². The maximum Gasteiger partial charge on any atom is 0.224 e. The molecule has 4 rings (SSSR count). The van der Waals surface area contributed by atoms with Gasteiger partial charge >= 0.3 is 0 Å². The summed E-state index contributed by atoms with van der Waals surface area (Å²) in [5.41, 5.74) is 2.30. The molecule has 26 heavy (non-hydrogen) atoms. The largest absolute Gasteiger partial charge is 0.353 e. The zero-order chi connectivity index (χ0) is 17.9. The van der Waals surface area contributed by atoms with Gasteiger partial charge in [0, 0.05) is 44.2 Å². The first-order valence-corrected chi connectivity index (χ1v) is 9.07. The fourth-order valence-corrected chi connectivity index (χ4v) is 3.44. The first-order valence-electron chi connectivity index (χ1n) is 9.07. The summed E-state index contributed by atoms with van der Waals surface area (Å²) in [5.74, 6) is 1.18. The fraction of sp³-hybridized carbons (Fsp3) is 0.350. The Morgan fingerprint density at radius 2 is 1.96 bits per heavy atom. The third-order valence-corrected chi connectivity index (χ3v) is 4.94. The van der Waals surface area contributed by atoms with Gasteiger partial charge in [-0.05, 0) is 30.7 Å². The van der Waals surface area contributed by atoms with Crippen molar-refractivity contribution in [2.75, 3.05) is 31.1 Å². The van der Waals surface area contributed by atoms with Crippen molar-refractivity contribution in [2.24, 2.45) is 0 Å². The number of hydrogen-bond acceptors (Lipinski definition) is 4. The van der Waals surface area contributed by atoms with E-state index in [1.54, 1.807) is 0 Å². The number of nitrogens with zero attached hydrogens (tertiary/aromatic N) is 5. The van der Waals surface area contributed by atoms with Crippen molar-refractivity contribution < 1.29 is 4.79 Å². The third-order valence-electron chi connectivity index (χ3n) is 4.94. The summed E-state index contributed by atoms with van der Waals surface area (Å²) in [6.45, 7) is 5.83. The molecule has 0 N–H and O–H groups in total. The number of benzene rings is 1. The Hall–Kier alpha value is -2.89. The Bertz CT molecular complexity index is 897. The highest BCUT2D eigenvalue weighted by molar-refractivity contribution is 5.80. The van der Waals surface area contributed by atoms with Gasteiger partial charge in [-0.15, -0.1) is 0 Å². The molecule has 134 valence electrons. The molecule has 0 aliphatic carbocycles. The van der Waals surface area contributed by atoms with Crippen molar-refractivity contribution in [2.45, 2.75) is 19.9 Å². The number of amides is 1. The maximum atomic E-state index is 12.6. The summed E-state index contributed by atoms with van der Waals surface area (Å²) in [5, 5.41) is 5.55. The van der Waals surface area contributed by atoms with Crippen LogP contribution >= 0.6 is 0 Å². The molecule has 0 saturated carbocycles. The minimum Gasteiger partial charge on any atom is -0.353 e. The molecule has 1 fully saturated rings. The number of carbonyl (C=O) groups excluding carboxylic acids is 1. The van der Waals surface area contributed by atoms with Gasteiger partial charge in [0.05, 0.1) is 18.3 Å². The van der Waals surface area contributed by atoms with Gasteiger partial charge in [0.25, 0.3) is 0 Å². The predicted molar refractivity (Wildman–Crippen MR) is 102 cm³/mol. The second-order valence-electron chi connectivity index (χ2n) is 6.74. The van der Waals surface area contributed by atoms with Gasteiger partial charge in [0.2, 0.25) is 5.91 Å². The lowest BCUT2D eigenvalue weighted by Crippen LogP contribution is -2.49. The van der Waals surface area contributed by atoms with E-state index in [0.717, 1.165) is 42.9 Å². The van der Waals surface area contributed by atoms with E-state index in [1.165, 1.54) is 5.56 Å². The van der Waals surface area contributed by atoms with Crippen molar-refractivity contribution in [3.63, 3.8) is 0 Å². The van der Waals surface area contributed by atoms with Crippen LogP contribution in [0.5, 0.6) is 0 Å². The van der Waals surface area contributed by atoms with E-state index in [4.69, 9.17) is 0 Å². The fourth-order valence-electron chi connectivity index (χ4n) is 3.44. The summed E-state index contributed by atoms with van der Waals surface area (Å²) in [6.07, 6.45) is 4.15. The Morgan fingerprint density at radius 1 is 1.12 bits per heavy atom. The first-order chi connectivity index (χ1) is 12.7. The second kappa shape index (κ2) is 7.15. The molecule has 1 aliphatic heterocycles. The molecule has 0 atom stereocenters. The van der Waals surface area contributed by atoms with Crippen LogP contribution in [0.4, 0.5) is 5.82 Å². The van der Waals surface area contributed by atoms with Crippen molar-refractivity contribution in [1.82, 2.24) is 19.7 Å². The van der Waals surface area contributed by atoms with Crippen LogP contribution in [-0.4, -0.2) is 51.8 Å². The number of pyridine rings is 1. The Labute approximate surface area is 153 Å². The summed E-state index contributed by atoms with van der Waals surface area (Å²) in [4.78, 5) is 21.2. The van der Waals surface area contributed by atoms with Crippen molar-refractivity contribution in [3.8, 4) is 0 Å². The lowest BCUT2D eigenvalue weighted by Gasteiger charge is -2.35. The van der Waals surface area contributed by atoms with E-state index in [1.807, 2.05) is 40.2 Å². The molecule has 2 aromatic heterocycles. The first kappa shape index (κ1) is 16.6. The molecule has 6 nitrogen and oxygen atoms in total.